The third-order valence-electron chi connectivity index (χ3n) is 3.65. The number of anilines is 1. The minimum atomic E-state index is -0.533. The van der Waals surface area contributed by atoms with Gasteiger partial charge in [0.15, 0.2) is 0 Å². The van der Waals surface area contributed by atoms with Crippen LogP contribution in [0.1, 0.15) is 25.0 Å². The van der Waals surface area contributed by atoms with Gasteiger partial charge in [-0.05, 0) is 31.0 Å². The van der Waals surface area contributed by atoms with E-state index in [1.54, 1.807) is 36.1 Å². The van der Waals surface area contributed by atoms with Crippen LogP contribution in [0.2, 0.25) is 0 Å². The van der Waals surface area contributed by atoms with Crippen LogP contribution in [0.15, 0.2) is 24.3 Å². The van der Waals surface area contributed by atoms with Gasteiger partial charge in [0.2, 0.25) is 0 Å². The molecule has 6 heteroatoms. The summed E-state index contributed by atoms with van der Waals surface area (Å²) < 4.78 is 4.70. The predicted molar refractivity (Wildman–Crippen MR) is 77.8 cm³/mol. The molecule has 2 amide bonds. The molecule has 1 saturated heterocycles. The third kappa shape index (κ3) is 3.72. The number of rotatable bonds is 3. The standard InChI is InChI=1S/C15H20N2O4/c1-10(18)11-3-5-13(6-4-11)16-15(20)17-8-7-12(9-17)14(19)21-2/h3-6,10,12,18H,7-9H2,1-2H3,(H,16,20). The first kappa shape index (κ1) is 15.3. The lowest BCUT2D eigenvalue weighted by Crippen LogP contribution is -2.33. The second-order valence-electron chi connectivity index (χ2n) is 5.18. The number of benzene rings is 1. The van der Waals surface area contributed by atoms with Crippen molar-refractivity contribution in [2.45, 2.75) is 19.4 Å². The van der Waals surface area contributed by atoms with Crippen molar-refractivity contribution in [1.82, 2.24) is 4.90 Å². The number of likely N-dealkylation sites (tertiary alicyclic amines) is 1. The number of nitrogens with one attached hydrogen (secondary N) is 1. The second kappa shape index (κ2) is 6.58. The van der Waals surface area contributed by atoms with Crippen LogP contribution in [0.4, 0.5) is 10.5 Å². The first-order valence-electron chi connectivity index (χ1n) is 6.93. The van der Waals surface area contributed by atoms with Gasteiger partial charge in [-0.2, -0.15) is 0 Å². The number of esters is 1. The van der Waals surface area contributed by atoms with E-state index in [1.807, 2.05) is 0 Å². The van der Waals surface area contributed by atoms with E-state index >= 15 is 0 Å². The summed E-state index contributed by atoms with van der Waals surface area (Å²) in [7, 11) is 1.36. The molecule has 6 nitrogen and oxygen atoms in total. The number of amides is 2. The van der Waals surface area contributed by atoms with E-state index in [9.17, 15) is 14.7 Å². The lowest BCUT2D eigenvalue weighted by Gasteiger charge is -2.17. The normalized spacial score (nSPS) is 19.2. The Kier molecular flexibility index (Phi) is 4.80. The van der Waals surface area contributed by atoms with Crippen molar-refractivity contribution in [3.05, 3.63) is 29.8 Å². The molecule has 0 aromatic heterocycles. The van der Waals surface area contributed by atoms with Crippen molar-refractivity contribution in [2.24, 2.45) is 5.92 Å². The van der Waals surface area contributed by atoms with Crippen molar-refractivity contribution in [2.75, 3.05) is 25.5 Å². The van der Waals surface area contributed by atoms with Crippen LogP contribution < -0.4 is 5.32 Å². The number of carbonyl (C=O) groups is 2. The number of hydrogen-bond acceptors (Lipinski definition) is 4. The maximum atomic E-state index is 12.1. The zero-order chi connectivity index (χ0) is 15.4. The van der Waals surface area contributed by atoms with Gasteiger partial charge < -0.3 is 20.1 Å². The van der Waals surface area contributed by atoms with Gasteiger partial charge in [-0.3, -0.25) is 4.79 Å². The molecular formula is C15H20N2O4. The summed E-state index contributed by atoms with van der Waals surface area (Å²) in [5, 5.41) is 12.2. The number of aliphatic hydroxyl groups is 1. The molecule has 0 spiro atoms. The highest BCUT2D eigenvalue weighted by Crippen LogP contribution is 2.20. The van der Waals surface area contributed by atoms with E-state index in [0.717, 1.165) is 5.56 Å². The van der Waals surface area contributed by atoms with Crippen molar-refractivity contribution < 1.29 is 19.4 Å². The zero-order valence-corrected chi connectivity index (χ0v) is 12.2. The molecule has 1 fully saturated rings. The summed E-state index contributed by atoms with van der Waals surface area (Å²) in [6.45, 7) is 2.60. The topological polar surface area (TPSA) is 78.9 Å². The lowest BCUT2D eigenvalue weighted by molar-refractivity contribution is -0.144. The van der Waals surface area contributed by atoms with Gasteiger partial charge >= 0.3 is 12.0 Å². The average molecular weight is 292 g/mol. The van der Waals surface area contributed by atoms with Gasteiger partial charge in [-0.15, -0.1) is 0 Å². The number of methoxy groups -OCH3 is 1. The molecule has 1 aliphatic rings. The van der Waals surface area contributed by atoms with Gasteiger partial charge in [0, 0.05) is 18.8 Å². The van der Waals surface area contributed by atoms with Gasteiger partial charge in [0.1, 0.15) is 0 Å². The minimum Gasteiger partial charge on any atom is -0.469 e. The van der Waals surface area contributed by atoms with Crippen LogP contribution in [0.3, 0.4) is 0 Å². The zero-order valence-electron chi connectivity index (χ0n) is 12.2. The summed E-state index contributed by atoms with van der Waals surface area (Å²) in [4.78, 5) is 25.1. The Morgan fingerprint density at radius 3 is 2.62 bits per heavy atom. The van der Waals surface area contributed by atoms with Gasteiger partial charge in [-0.1, -0.05) is 12.1 Å². The quantitative estimate of drug-likeness (QED) is 0.832. The fourth-order valence-electron chi connectivity index (χ4n) is 2.35. The van der Waals surface area contributed by atoms with E-state index in [0.29, 0.717) is 25.2 Å². The van der Waals surface area contributed by atoms with Crippen molar-refractivity contribution in [3.63, 3.8) is 0 Å². The molecule has 0 bridgehead atoms. The highest BCUT2D eigenvalue weighted by atomic mass is 16.5. The van der Waals surface area contributed by atoms with Crippen LogP contribution in [-0.4, -0.2) is 42.2 Å². The van der Waals surface area contributed by atoms with Crippen LogP contribution in [-0.2, 0) is 9.53 Å². The Morgan fingerprint density at radius 1 is 1.38 bits per heavy atom. The van der Waals surface area contributed by atoms with E-state index in [2.05, 4.69) is 5.32 Å². The Balaban J connectivity index is 1.91. The molecule has 2 rings (SSSR count). The van der Waals surface area contributed by atoms with Gasteiger partial charge in [0.25, 0.3) is 0 Å². The number of aliphatic hydroxyl groups excluding tert-OH is 1. The first-order chi connectivity index (χ1) is 10.0. The molecule has 1 heterocycles. The van der Waals surface area contributed by atoms with Crippen LogP contribution in [0, 0.1) is 5.92 Å². The maximum Gasteiger partial charge on any atom is 0.321 e. The molecule has 21 heavy (non-hydrogen) atoms. The van der Waals surface area contributed by atoms with Crippen LogP contribution in [0.5, 0.6) is 0 Å². The monoisotopic (exact) mass is 292 g/mol. The van der Waals surface area contributed by atoms with E-state index < -0.39 is 6.10 Å². The third-order valence-corrected chi connectivity index (χ3v) is 3.65. The summed E-state index contributed by atoms with van der Waals surface area (Å²) >= 11 is 0. The highest BCUT2D eigenvalue weighted by Gasteiger charge is 2.31. The maximum absolute atomic E-state index is 12.1. The fourth-order valence-corrected chi connectivity index (χ4v) is 2.35. The summed E-state index contributed by atoms with van der Waals surface area (Å²) in [6.07, 6.45) is 0.0929. The van der Waals surface area contributed by atoms with Crippen LogP contribution >= 0.6 is 0 Å². The van der Waals surface area contributed by atoms with Crippen molar-refractivity contribution in [1.29, 1.82) is 0 Å². The number of hydrogen-bond donors (Lipinski definition) is 2. The molecule has 0 aliphatic carbocycles. The summed E-state index contributed by atoms with van der Waals surface area (Å²) in [5.74, 6) is -0.509. The van der Waals surface area contributed by atoms with Gasteiger partial charge in [0.05, 0.1) is 19.1 Å². The number of urea groups is 1. The number of nitrogens with zero attached hydrogens (tertiary/aromatic N) is 1. The minimum absolute atomic E-state index is 0.230. The smallest absolute Gasteiger partial charge is 0.321 e. The molecule has 1 aromatic rings. The Morgan fingerprint density at radius 2 is 2.05 bits per heavy atom. The molecule has 0 saturated carbocycles. The van der Waals surface area contributed by atoms with E-state index in [1.165, 1.54) is 7.11 Å². The molecule has 2 atom stereocenters. The van der Waals surface area contributed by atoms with E-state index in [4.69, 9.17) is 4.74 Å². The number of ether oxygens (including phenoxy) is 1. The SMILES string of the molecule is COC(=O)C1CCN(C(=O)Nc2ccc(C(C)O)cc2)C1. The van der Waals surface area contributed by atoms with Crippen LogP contribution in [0.25, 0.3) is 0 Å². The molecular weight excluding hydrogens is 272 g/mol. The number of carbonyl (C=O) groups excluding carboxylic acids is 2. The first-order valence-corrected chi connectivity index (χ1v) is 6.93. The fraction of sp³-hybridized carbons (Fsp3) is 0.467. The largest absolute Gasteiger partial charge is 0.469 e. The highest BCUT2D eigenvalue weighted by molar-refractivity contribution is 5.90. The molecule has 0 radical (unpaired) electrons. The molecule has 2 N–H and O–H groups in total. The average Bonchev–Trinajstić information content (AvgIpc) is 2.97. The Hall–Kier alpha value is -2.08. The predicted octanol–water partition coefficient (Wildman–Crippen LogP) is 1.77. The van der Waals surface area contributed by atoms with E-state index in [-0.39, 0.29) is 17.9 Å². The Labute approximate surface area is 123 Å². The second-order valence-corrected chi connectivity index (χ2v) is 5.18. The molecule has 114 valence electrons. The van der Waals surface area contributed by atoms with Crippen molar-refractivity contribution in [3.8, 4) is 0 Å². The summed E-state index contributed by atoms with van der Waals surface area (Å²) in [6, 6.07) is 6.79. The molecule has 1 aromatic carbocycles. The van der Waals surface area contributed by atoms with Gasteiger partial charge in [-0.25, -0.2) is 4.79 Å². The molecule has 2 unspecified atom stereocenters. The summed E-state index contributed by atoms with van der Waals surface area (Å²) in [5.41, 5.74) is 1.45. The molecule has 1 aliphatic heterocycles. The Bertz CT molecular complexity index is 513. The lowest BCUT2D eigenvalue weighted by atomic mass is 10.1. The van der Waals surface area contributed by atoms with Crippen molar-refractivity contribution >= 4 is 17.7 Å².